The van der Waals surface area contributed by atoms with Crippen LogP contribution in [0.3, 0.4) is 0 Å². The number of aromatic nitrogens is 3. The molecule has 1 N–H and O–H groups in total. The van der Waals surface area contributed by atoms with Crippen LogP contribution in [0.15, 0.2) is 42.5 Å². The number of benzene rings is 2. The Morgan fingerprint density at radius 3 is 2.32 bits per heavy atom. The molecule has 0 aliphatic carbocycles. The summed E-state index contributed by atoms with van der Waals surface area (Å²) >= 11 is 0. The van der Waals surface area contributed by atoms with Gasteiger partial charge in [-0.05, 0) is 42.5 Å². The third-order valence-corrected chi connectivity index (χ3v) is 3.15. The minimum Gasteiger partial charge on any atom is -0.390 e. The molecule has 0 amide bonds. The Hall–Kier alpha value is -2.67. The Morgan fingerprint density at radius 2 is 1.68 bits per heavy atom. The second-order valence-corrected chi connectivity index (χ2v) is 4.56. The molecule has 0 bridgehead atoms. The lowest BCUT2D eigenvalue weighted by atomic mass is 10.1. The van der Waals surface area contributed by atoms with Gasteiger partial charge >= 0.3 is 0 Å². The highest BCUT2D eigenvalue weighted by atomic mass is 19.2. The lowest BCUT2D eigenvalue weighted by molar-refractivity contribution is 0.277. The van der Waals surface area contributed by atoms with Crippen molar-refractivity contribution in [3.05, 3.63) is 65.6 Å². The Balaban J connectivity index is 2.19. The van der Waals surface area contributed by atoms with Crippen molar-refractivity contribution in [1.29, 1.82) is 0 Å². The fourth-order valence-corrected chi connectivity index (χ4v) is 2.11. The highest BCUT2D eigenvalue weighted by Crippen LogP contribution is 2.26. The zero-order chi connectivity index (χ0) is 15.7. The maximum Gasteiger partial charge on any atom is 0.159 e. The monoisotopic (exact) mass is 305 g/mol. The Bertz CT molecular complexity index is 815. The van der Waals surface area contributed by atoms with E-state index in [4.69, 9.17) is 0 Å². The standard InChI is InChI=1S/C15H10F3N3O/c16-10-2-4-11(5-3-10)21-15(14(8-22)19-20-21)9-1-6-12(17)13(18)7-9/h1-7,22H,8H2. The van der Waals surface area contributed by atoms with E-state index in [9.17, 15) is 18.3 Å². The van der Waals surface area contributed by atoms with Crippen LogP contribution in [0.25, 0.3) is 16.9 Å². The molecule has 0 fully saturated rings. The topological polar surface area (TPSA) is 50.9 Å². The molecule has 0 spiro atoms. The summed E-state index contributed by atoms with van der Waals surface area (Å²) in [7, 11) is 0. The van der Waals surface area contributed by atoms with Gasteiger partial charge in [-0.3, -0.25) is 0 Å². The molecule has 3 rings (SSSR count). The zero-order valence-electron chi connectivity index (χ0n) is 11.2. The maximum atomic E-state index is 13.5. The summed E-state index contributed by atoms with van der Waals surface area (Å²) in [6.07, 6.45) is 0. The third kappa shape index (κ3) is 2.46. The molecular weight excluding hydrogens is 295 g/mol. The van der Waals surface area contributed by atoms with E-state index in [1.807, 2.05) is 0 Å². The predicted octanol–water partition coefficient (Wildman–Crippen LogP) is 2.84. The molecule has 7 heteroatoms. The molecule has 0 radical (unpaired) electrons. The van der Waals surface area contributed by atoms with Crippen molar-refractivity contribution in [1.82, 2.24) is 15.0 Å². The van der Waals surface area contributed by atoms with Crippen LogP contribution in [-0.2, 0) is 6.61 Å². The van der Waals surface area contributed by atoms with Gasteiger partial charge in [0.1, 0.15) is 17.2 Å². The largest absolute Gasteiger partial charge is 0.390 e. The van der Waals surface area contributed by atoms with Gasteiger partial charge in [-0.1, -0.05) is 5.21 Å². The average Bonchev–Trinajstić information content (AvgIpc) is 2.94. The van der Waals surface area contributed by atoms with Gasteiger partial charge in [0, 0.05) is 5.56 Å². The number of nitrogens with zero attached hydrogens (tertiary/aromatic N) is 3. The van der Waals surface area contributed by atoms with Crippen LogP contribution < -0.4 is 0 Å². The van der Waals surface area contributed by atoms with E-state index < -0.39 is 24.1 Å². The molecule has 2 aromatic carbocycles. The summed E-state index contributed by atoms with van der Waals surface area (Å²) in [6, 6.07) is 8.75. The first-order valence-corrected chi connectivity index (χ1v) is 6.37. The quantitative estimate of drug-likeness (QED) is 0.809. The molecule has 0 atom stereocenters. The highest BCUT2D eigenvalue weighted by Gasteiger charge is 2.17. The van der Waals surface area contributed by atoms with E-state index in [1.54, 1.807) is 0 Å². The average molecular weight is 305 g/mol. The number of hydrogen-bond donors (Lipinski definition) is 1. The molecule has 0 aliphatic heterocycles. The van der Waals surface area contributed by atoms with Gasteiger partial charge in [-0.2, -0.15) is 0 Å². The van der Waals surface area contributed by atoms with Crippen LogP contribution in [0, 0.1) is 17.5 Å². The van der Waals surface area contributed by atoms with Crippen LogP contribution in [0.1, 0.15) is 5.69 Å². The first-order chi connectivity index (χ1) is 10.6. The third-order valence-electron chi connectivity index (χ3n) is 3.15. The number of aliphatic hydroxyl groups excluding tert-OH is 1. The summed E-state index contributed by atoms with van der Waals surface area (Å²) in [5, 5.41) is 17.1. The van der Waals surface area contributed by atoms with Gasteiger partial charge < -0.3 is 5.11 Å². The van der Waals surface area contributed by atoms with E-state index in [-0.39, 0.29) is 5.69 Å². The first kappa shape index (κ1) is 14.3. The van der Waals surface area contributed by atoms with Gasteiger partial charge in [-0.15, -0.1) is 5.10 Å². The minimum atomic E-state index is -1.02. The van der Waals surface area contributed by atoms with Crippen LogP contribution in [0.5, 0.6) is 0 Å². The van der Waals surface area contributed by atoms with Crippen LogP contribution in [0.4, 0.5) is 13.2 Å². The van der Waals surface area contributed by atoms with Crippen molar-refractivity contribution in [2.24, 2.45) is 0 Å². The lowest BCUT2D eigenvalue weighted by Gasteiger charge is -2.08. The zero-order valence-corrected chi connectivity index (χ0v) is 11.2. The van der Waals surface area contributed by atoms with E-state index in [1.165, 1.54) is 35.0 Å². The van der Waals surface area contributed by atoms with Gasteiger partial charge in [-0.25, -0.2) is 17.9 Å². The second-order valence-electron chi connectivity index (χ2n) is 4.56. The van der Waals surface area contributed by atoms with E-state index in [2.05, 4.69) is 10.3 Å². The maximum absolute atomic E-state index is 13.5. The second kappa shape index (κ2) is 5.61. The molecule has 112 valence electrons. The first-order valence-electron chi connectivity index (χ1n) is 6.37. The Morgan fingerprint density at radius 1 is 0.955 bits per heavy atom. The van der Waals surface area contributed by atoms with Gasteiger partial charge in [0.25, 0.3) is 0 Å². The molecule has 0 saturated carbocycles. The fraction of sp³-hybridized carbons (Fsp3) is 0.0667. The van der Waals surface area contributed by atoms with E-state index in [0.717, 1.165) is 12.1 Å². The van der Waals surface area contributed by atoms with Crippen LogP contribution >= 0.6 is 0 Å². The molecular formula is C15H10F3N3O. The van der Waals surface area contributed by atoms with Crippen molar-refractivity contribution in [3.8, 4) is 16.9 Å². The lowest BCUT2D eigenvalue weighted by Crippen LogP contribution is -2.01. The molecule has 4 nitrogen and oxygen atoms in total. The van der Waals surface area contributed by atoms with E-state index in [0.29, 0.717) is 16.9 Å². The van der Waals surface area contributed by atoms with Crippen LogP contribution in [-0.4, -0.2) is 20.1 Å². The minimum absolute atomic E-state index is 0.204. The summed E-state index contributed by atoms with van der Waals surface area (Å²) in [6.45, 7) is -0.421. The molecule has 22 heavy (non-hydrogen) atoms. The Labute approximate surface area is 123 Å². The summed E-state index contributed by atoms with van der Waals surface area (Å²) in [5.74, 6) is -2.41. The van der Waals surface area contributed by atoms with Crippen molar-refractivity contribution in [3.63, 3.8) is 0 Å². The molecule has 1 heterocycles. The van der Waals surface area contributed by atoms with Crippen molar-refractivity contribution in [2.45, 2.75) is 6.61 Å². The van der Waals surface area contributed by atoms with Crippen molar-refractivity contribution >= 4 is 0 Å². The van der Waals surface area contributed by atoms with Gasteiger partial charge in [0.2, 0.25) is 0 Å². The van der Waals surface area contributed by atoms with Gasteiger partial charge in [0.15, 0.2) is 11.6 Å². The SMILES string of the molecule is OCc1nnn(-c2ccc(F)cc2)c1-c1ccc(F)c(F)c1. The molecule has 0 unspecified atom stereocenters. The van der Waals surface area contributed by atoms with Crippen LogP contribution in [0.2, 0.25) is 0 Å². The number of hydrogen-bond acceptors (Lipinski definition) is 3. The number of aliphatic hydroxyl groups is 1. The summed E-state index contributed by atoms with van der Waals surface area (Å²) in [4.78, 5) is 0. The number of halogens is 3. The molecule has 0 saturated heterocycles. The Kier molecular flexibility index (Phi) is 3.64. The number of rotatable bonds is 3. The smallest absolute Gasteiger partial charge is 0.159 e. The molecule has 1 aromatic heterocycles. The molecule has 3 aromatic rings. The normalized spacial score (nSPS) is 10.9. The van der Waals surface area contributed by atoms with Gasteiger partial charge in [0.05, 0.1) is 12.3 Å². The van der Waals surface area contributed by atoms with Crippen molar-refractivity contribution < 1.29 is 18.3 Å². The fourth-order valence-electron chi connectivity index (χ4n) is 2.11. The van der Waals surface area contributed by atoms with E-state index >= 15 is 0 Å². The highest BCUT2D eigenvalue weighted by molar-refractivity contribution is 5.64. The van der Waals surface area contributed by atoms with Crippen molar-refractivity contribution in [2.75, 3.05) is 0 Å². The summed E-state index contributed by atoms with van der Waals surface area (Å²) in [5.41, 5.74) is 1.30. The predicted molar refractivity (Wildman–Crippen MR) is 72.6 cm³/mol. The summed E-state index contributed by atoms with van der Waals surface area (Å²) < 4.78 is 40.9. The molecule has 0 aliphatic rings.